The Labute approximate surface area is 226 Å². The molecule has 3 nitrogen and oxygen atoms in total. The molecule has 198 valence electrons. The molecule has 0 aromatic heterocycles. The lowest BCUT2D eigenvalue weighted by molar-refractivity contribution is -0.167. The van der Waals surface area contributed by atoms with E-state index in [1.165, 1.54) is 49.7 Å². The Morgan fingerprint density at radius 2 is 1.83 bits per heavy atom. The number of hydrogen-bond acceptors (Lipinski definition) is 3. The summed E-state index contributed by atoms with van der Waals surface area (Å²) in [4.78, 5) is 12.7. The van der Waals surface area contributed by atoms with Gasteiger partial charge in [0.05, 0.1) is 6.10 Å². The van der Waals surface area contributed by atoms with Crippen LogP contribution in [0.15, 0.2) is 21.2 Å². The molecule has 8 unspecified atom stereocenters. The standard InChI is InChI=1S/C30H47BrO3S/c1-17(2)23(31)13-11-20(28(33)34)26-22-15-24(32)27-21(30(22,6)16-25(26)35-18(3)4)12-10-19-9-7-8-14-29(19,27)5/h18-19,21-22,24-25,27,32H,7-16H2,1-6H3,(H,33,34)/b26-20-. The Morgan fingerprint density at radius 3 is 2.46 bits per heavy atom. The van der Waals surface area contributed by atoms with E-state index in [1.807, 2.05) is 11.8 Å². The number of thioether (sulfide) groups is 1. The van der Waals surface area contributed by atoms with Crippen molar-refractivity contribution in [1.29, 1.82) is 0 Å². The fourth-order valence-electron chi connectivity index (χ4n) is 8.95. The van der Waals surface area contributed by atoms with Crippen LogP contribution >= 0.6 is 27.7 Å². The Hall–Kier alpha value is -0.260. The third kappa shape index (κ3) is 4.97. The molecule has 0 bridgehead atoms. The van der Waals surface area contributed by atoms with Crippen molar-refractivity contribution in [3.05, 3.63) is 21.2 Å². The number of aliphatic hydroxyl groups excluding tert-OH is 1. The van der Waals surface area contributed by atoms with E-state index < -0.39 is 5.97 Å². The minimum atomic E-state index is -0.757. The third-order valence-electron chi connectivity index (χ3n) is 10.5. The van der Waals surface area contributed by atoms with Gasteiger partial charge in [0.25, 0.3) is 0 Å². The highest BCUT2D eigenvalue weighted by atomic mass is 79.9. The maximum atomic E-state index is 12.7. The van der Waals surface area contributed by atoms with Gasteiger partial charge in [0.1, 0.15) is 0 Å². The SMILES string of the molecule is CC(C)=C(Br)CC/C(C(=O)O)=C1/C(SC(C)C)CC2(C)C1CC(O)C1C2CCC2CCCCC21C. The van der Waals surface area contributed by atoms with Gasteiger partial charge in [0.15, 0.2) is 0 Å². The summed E-state index contributed by atoms with van der Waals surface area (Å²) in [6.07, 6.45) is 10.5. The Bertz CT molecular complexity index is 890. The van der Waals surface area contributed by atoms with Gasteiger partial charge in [0, 0.05) is 10.8 Å². The van der Waals surface area contributed by atoms with E-state index in [0.717, 1.165) is 29.7 Å². The number of allylic oxidation sites excluding steroid dienone is 2. The zero-order valence-corrected chi connectivity index (χ0v) is 25.1. The predicted octanol–water partition coefficient (Wildman–Crippen LogP) is 8.36. The van der Waals surface area contributed by atoms with Crippen molar-refractivity contribution >= 4 is 33.7 Å². The van der Waals surface area contributed by atoms with Gasteiger partial charge in [0.2, 0.25) is 0 Å². The molecule has 2 N–H and O–H groups in total. The third-order valence-corrected chi connectivity index (χ3v) is 13.0. The van der Waals surface area contributed by atoms with E-state index in [9.17, 15) is 15.0 Å². The van der Waals surface area contributed by atoms with Gasteiger partial charge in [-0.05, 0) is 115 Å². The summed E-state index contributed by atoms with van der Waals surface area (Å²) < 4.78 is 1.11. The predicted molar refractivity (Wildman–Crippen MR) is 151 cm³/mol. The van der Waals surface area contributed by atoms with Crippen molar-refractivity contribution in [1.82, 2.24) is 0 Å². The van der Waals surface area contributed by atoms with Gasteiger partial charge in [-0.15, -0.1) is 0 Å². The average Bonchev–Trinajstić information content (AvgIpc) is 3.04. The van der Waals surface area contributed by atoms with Crippen LogP contribution in [0.2, 0.25) is 0 Å². The fourth-order valence-corrected chi connectivity index (χ4v) is 10.7. The number of aliphatic carboxylic acids is 1. The van der Waals surface area contributed by atoms with Crippen LogP contribution in [0.3, 0.4) is 0 Å². The minimum Gasteiger partial charge on any atom is -0.478 e. The van der Waals surface area contributed by atoms with Crippen molar-refractivity contribution in [2.45, 2.75) is 122 Å². The largest absolute Gasteiger partial charge is 0.478 e. The smallest absolute Gasteiger partial charge is 0.331 e. The Balaban J connectivity index is 1.77. The van der Waals surface area contributed by atoms with E-state index in [-0.39, 0.29) is 28.1 Å². The molecule has 4 fully saturated rings. The number of halogens is 1. The normalized spacial score (nSPS) is 42.2. The lowest BCUT2D eigenvalue weighted by Gasteiger charge is -2.62. The molecule has 0 spiro atoms. The van der Waals surface area contributed by atoms with Gasteiger partial charge in [-0.2, -0.15) is 11.8 Å². The highest BCUT2D eigenvalue weighted by Gasteiger charge is 2.64. The van der Waals surface area contributed by atoms with Crippen LogP contribution in [-0.4, -0.2) is 32.8 Å². The van der Waals surface area contributed by atoms with Crippen molar-refractivity contribution in [3.63, 3.8) is 0 Å². The zero-order chi connectivity index (χ0) is 25.7. The minimum absolute atomic E-state index is 0.0751. The second-order valence-electron chi connectivity index (χ2n) is 13.0. The maximum absolute atomic E-state index is 12.7. The zero-order valence-electron chi connectivity index (χ0n) is 22.7. The highest BCUT2D eigenvalue weighted by molar-refractivity contribution is 9.11. The van der Waals surface area contributed by atoms with E-state index >= 15 is 0 Å². The molecule has 0 amide bonds. The second-order valence-corrected chi connectivity index (χ2v) is 15.8. The summed E-state index contributed by atoms with van der Waals surface area (Å²) in [6, 6.07) is 0. The molecular formula is C30H47BrO3S. The number of aliphatic hydroxyl groups is 1. The fraction of sp³-hybridized carbons (Fsp3) is 0.833. The topological polar surface area (TPSA) is 57.5 Å². The number of rotatable bonds is 6. The summed E-state index contributed by atoms with van der Waals surface area (Å²) in [5.74, 6) is 1.02. The lowest BCUT2D eigenvalue weighted by atomic mass is 9.43. The molecule has 0 radical (unpaired) electrons. The molecule has 0 aromatic carbocycles. The average molecular weight is 568 g/mol. The molecule has 8 atom stereocenters. The van der Waals surface area contributed by atoms with Gasteiger partial charge < -0.3 is 10.2 Å². The number of carboxylic acids is 1. The van der Waals surface area contributed by atoms with Gasteiger partial charge in [-0.3, -0.25) is 0 Å². The first-order valence-corrected chi connectivity index (χ1v) is 15.7. The van der Waals surface area contributed by atoms with Crippen LogP contribution < -0.4 is 0 Å². The van der Waals surface area contributed by atoms with Crippen LogP contribution in [0.1, 0.15) is 106 Å². The van der Waals surface area contributed by atoms with E-state index in [2.05, 4.69) is 57.5 Å². The first-order valence-electron chi connectivity index (χ1n) is 14.0. The summed E-state index contributed by atoms with van der Waals surface area (Å²) in [7, 11) is 0. The molecule has 4 saturated carbocycles. The van der Waals surface area contributed by atoms with E-state index in [4.69, 9.17) is 0 Å². The summed E-state index contributed by atoms with van der Waals surface area (Å²) in [6.45, 7) is 13.6. The monoisotopic (exact) mass is 566 g/mol. The molecule has 5 heteroatoms. The molecule has 0 aromatic rings. The van der Waals surface area contributed by atoms with Crippen molar-refractivity contribution < 1.29 is 15.0 Å². The van der Waals surface area contributed by atoms with Crippen LogP contribution in [0, 0.1) is 34.5 Å². The van der Waals surface area contributed by atoms with Crippen molar-refractivity contribution in [2.75, 3.05) is 0 Å². The van der Waals surface area contributed by atoms with Crippen molar-refractivity contribution in [3.8, 4) is 0 Å². The molecule has 0 saturated heterocycles. The highest BCUT2D eigenvalue weighted by Crippen LogP contribution is 2.69. The van der Waals surface area contributed by atoms with E-state index in [1.54, 1.807) is 0 Å². The van der Waals surface area contributed by atoms with Gasteiger partial charge in [-0.1, -0.05) is 62.0 Å². The van der Waals surface area contributed by atoms with Crippen LogP contribution in [-0.2, 0) is 4.79 Å². The number of hydrogen-bond donors (Lipinski definition) is 2. The number of carbonyl (C=O) groups is 1. The lowest BCUT2D eigenvalue weighted by Crippen LogP contribution is -2.58. The quantitative estimate of drug-likeness (QED) is 0.317. The first-order chi connectivity index (χ1) is 16.4. The summed E-state index contributed by atoms with van der Waals surface area (Å²) in [5.41, 5.74) is 3.31. The maximum Gasteiger partial charge on any atom is 0.331 e. The van der Waals surface area contributed by atoms with E-state index in [0.29, 0.717) is 29.1 Å². The molecule has 0 aliphatic heterocycles. The van der Waals surface area contributed by atoms with Crippen LogP contribution in [0.4, 0.5) is 0 Å². The number of fused-ring (bicyclic) bond motifs is 5. The summed E-state index contributed by atoms with van der Waals surface area (Å²) in [5, 5.41) is 22.9. The Morgan fingerprint density at radius 1 is 1.11 bits per heavy atom. The van der Waals surface area contributed by atoms with Crippen molar-refractivity contribution in [2.24, 2.45) is 34.5 Å². The van der Waals surface area contributed by atoms with Crippen LogP contribution in [0.5, 0.6) is 0 Å². The summed E-state index contributed by atoms with van der Waals surface area (Å²) >= 11 is 5.63. The molecule has 0 heterocycles. The van der Waals surface area contributed by atoms with Crippen LogP contribution in [0.25, 0.3) is 0 Å². The number of carboxylic acid groups (broad SMARTS) is 1. The molecular weight excluding hydrogens is 520 g/mol. The Kier molecular flexibility index (Phi) is 8.32. The molecule has 4 rings (SSSR count). The molecule has 4 aliphatic carbocycles. The first kappa shape index (κ1) is 27.8. The second kappa shape index (κ2) is 10.5. The molecule has 4 aliphatic rings. The van der Waals surface area contributed by atoms with Gasteiger partial charge >= 0.3 is 5.97 Å². The van der Waals surface area contributed by atoms with Gasteiger partial charge in [-0.25, -0.2) is 4.79 Å². The molecule has 35 heavy (non-hydrogen) atoms.